The molecule has 0 unspecified atom stereocenters. The van der Waals surface area contributed by atoms with Gasteiger partial charge in [-0.2, -0.15) is 0 Å². The van der Waals surface area contributed by atoms with E-state index in [0.29, 0.717) is 11.3 Å². The van der Waals surface area contributed by atoms with Crippen molar-refractivity contribution in [2.75, 3.05) is 6.61 Å². The highest BCUT2D eigenvalue weighted by atomic mass is 16.3. The molecule has 23 heavy (non-hydrogen) atoms. The Morgan fingerprint density at radius 1 is 0.913 bits per heavy atom. The van der Waals surface area contributed by atoms with Gasteiger partial charge in [0.2, 0.25) is 0 Å². The zero-order valence-corrected chi connectivity index (χ0v) is 14.8. The summed E-state index contributed by atoms with van der Waals surface area (Å²) in [5.41, 5.74) is 0.376. The van der Waals surface area contributed by atoms with Crippen molar-refractivity contribution in [3.8, 4) is 0 Å². The normalized spacial score (nSPS) is 69.1. The molecule has 3 heteroatoms. The Hall–Kier alpha value is -0.120. The molecule has 6 fully saturated rings. The molecule has 3 nitrogen and oxygen atoms in total. The Kier molecular flexibility index (Phi) is 2.63. The zero-order valence-electron chi connectivity index (χ0n) is 14.8. The van der Waals surface area contributed by atoms with Crippen molar-refractivity contribution in [2.45, 2.75) is 71.5 Å². The molecule has 3 N–H and O–H groups in total. The zero-order chi connectivity index (χ0) is 16.4. The van der Waals surface area contributed by atoms with E-state index in [1.807, 2.05) is 0 Å². The maximum absolute atomic E-state index is 11.2. The van der Waals surface area contributed by atoms with Gasteiger partial charge in [0.1, 0.15) is 0 Å². The summed E-state index contributed by atoms with van der Waals surface area (Å²) in [5, 5.41) is 31.9. The molecule has 1 spiro atoms. The lowest BCUT2D eigenvalue weighted by atomic mass is 9.38. The maximum Gasteiger partial charge on any atom is 0.0618 e. The lowest BCUT2D eigenvalue weighted by molar-refractivity contribution is -0.240. The Labute approximate surface area is 139 Å². The van der Waals surface area contributed by atoms with E-state index >= 15 is 0 Å². The topological polar surface area (TPSA) is 60.7 Å². The molecule has 0 aliphatic heterocycles. The Bertz CT molecular complexity index is 563. The van der Waals surface area contributed by atoms with Crippen molar-refractivity contribution in [1.82, 2.24) is 0 Å². The molecule has 4 bridgehead atoms. The predicted octanol–water partition coefficient (Wildman–Crippen LogP) is 2.58. The summed E-state index contributed by atoms with van der Waals surface area (Å²) >= 11 is 0. The van der Waals surface area contributed by atoms with Crippen LogP contribution in [0.4, 0.5) is 0 Å². The van der Waals surface area contributed by atoms with Gasteiger partial charge < -0.3 is 15.3 Å². The first-order chi connectivity index (χ1) is 10.7. The van der Waals surface area contributed by atoms with Crippen molar-refractivity contribution < 1.29 is 15.3 Å². The highest BCUT2D eigenvalue weighted by Crippen LogP contribution is 2.85. The fourth-order valence-corrected chi connectivity index (χ4v) is 8.76. The molecule has 0 heterocycles. The molecular weight excluding hydrogens is 288 g/mol. The van der Waals surface area contributed by atoms with Crippen LogP contribution in [-0.4, -0.2) is 34.1 Å². The van der Waals surface area contributed by atoms with E-state index in [0.717, 1.165) is 31.1 Å². The lowest BCUT2D eigenvalue weighted by Crippen LogP contribution is -2.65. The molecule has 0 aromatic carbocycles. The number of rotatable bonds is 1. The van der Waals surface area contributed by atoms with Crippen LogP contribution >= 0.6 is 0 Å². The average molecular weight is 320 g/mol. The SMILES string of the molecule is C[C@@]12C[C@]34C[C@@H]1[C@H]2C[C@H]3[C@]1(C)CC[C@@H](O)[C@](C)(CO)[C@H]1C[C@@H]4O. The second-order valence-corrected chi connectivity index (χ2v) is 10.6. The second kappa shape index (κ2) is 3.99. The van der Waals surface area contributed by atoms with Crippen molar-refractivity contribution in [3.63, 3.8) is 0 Å². The summed E-state index contributed by atoms with van der Waals surface area (Å²) in [5.74, 6) is 2.56. The van der Waals surface area contributed by atoms with Gasteiger partial charge in [0.05, 0.1) is 18.8 Å². The van der Waals surface area contributed by atoms with E-state index < -0.39 is 11.5 Å². The van der Waals surface area contributed by atoms with Gasteiger partial charge in [-0.3, -0.25) is 0 Å². The van der Waals surface area contributed by atoms with E-state index in [-0.39, 0.29) is 29.5 Å². The van der Waals surface area contributed by atoms with E-state index in [9.17, 15) is 15.3 Å². The van der Waals surface area contributed by atoms with Crippen LogP contribution in [0.25, 0.3) is 0 Å². The van der Waals surface area contributed by atoms with Gasteiger partial charge in [0.15, 0.2) is 0 Å². The van der Waals surface area contributed by atoms with Crippen molar-refractivity contribution >= 4 is 0 Å². The lowest BCUT2D eigenvalue weighted by Gasteiger charge is -2.67. The minimum atomic E-state index is -0.455. The van der Waals surface area contributed by atoms with E-state index in [2.05, 4.69) is 20.8 Å². The number of hydrogen-bond donors (Lipinski definition) is 3. The molecule has 6 rings (SSSR count). The fourth-order valence-electron chi connectivity index (χ4n) is 8.76. The average Bonchev–Trinajstić information content (AvgIpc) is 2.97. The summed E-state index contributed by atoms with van der Waals surface area (Å²) < 4.78 is 0. The first-order valence-electron chi connectivity index (χ1n) is 9.69. The van der Waals surface area contributed by atoms with Crippen LogP contribution in [-0.2, 0) is 0 Å². The summed E-state index contributed by atoms with van der Waals surface area (Å²) in [7, 11) is 0. The molecule has 0 amide bonds. The van der Waals surface area contributed by atoms with Gasteiger partial charge in [-0.25, -0.2) is 0 Å². The molecule has 0 aromatic rings. The third kappa shape index (κ3) is 1.43. The van der Waals surface area contributed by atoms with Crippen molar-refractivity contribution in [3.05, 3.63) is 0 Å². The van der Waals surface area contributed by atoms with Gasteiger partial charge in [-0.1, -0.05) is 20.8 Å². The monoisotopic (exact) mass is 320 g/mol. The minimum absolute atomic E-state index is 0.0324. The standard InChI is InChI=1S/C20H32O3/c1-17-5-4-15(22)19(3,10-21)13(17)7-16(23)20-8-12-11(6-14(17)20)18(12,2)9-20/h11-16,21-23H,4-10H2,1-3H3/t11-,12-,13+,14+,15-,16+,17-,18+,19-,20-/m1/s1. The van der Waals surface area contributed by atoms with Crippen LogP contribution < -0.4 is 0 Å². The quantitative estimate of drug-likeness (QED) is 0.696. The highest BCUT2D eigenvalue weighted by molar-refractivity contribution is 5.28. The Balaban J connectivity index is 1.59. The molecule has 0 aromatic heterocycles. The molecular formula is C20H32O3. The first kappa shape index (κ1) is 15.2. The van der Waals surface area contributed by atoms with Gasteiger partial charge in [0.25, 0.3) is 0 Å². The summed E-state index contributed by atoms with van der Waals surface area (Å²) in [6.45, 7) is 6.97. The summed E-state index contributed by atoms with van der Waals surface area (Å²) in [6.07, 6.45) is 5.70. The van der Waals surface area contributed by atoms with Crippen LogP contribution in [0.2, 0.25) is 0 Å². The van der Waals surface area contributed by atoms with Gasteiger partial charge in [-0.05, 0) is 73.0 Å². The van der Waals surface area contributed by atoms with Crippen LogP contribution in [0.5, 0.6) is 0 Å². The third-order valence-corrected chi connectivity index (χ3v) is 10.1. The van der Waals surface area contributed by atoms with Gasteiger partial charge >= 0.3 is 0 Å². The van der Waals surface area contributed by atoms with Gasteiger partial charge in [-0.15, -0.1) is 0 Å². The number of fused-ring (bicyclic) bond motifs is 1. The largest absolute Gasteiger partial charge is 0.396 e. The second-order valence-electron chi connectivity index (χ2n) is 10.6. The number of hydrogen-bond acceptors (Lipinski definition) is 3. The van der Waals surface area contributed by atoms with E-state index in [1.54, 1.807) is 0 Å². The highest BCUT2D eigenvalue weighted by Gasteiger charge is 2.80. The van der Waals surface area contributed by atoms with Crippen LogP contribution in [0.3, 0.4) is 0 Å². The third-order valence-electron chi connectivity index (χ3n) is 10.1. The van der Waals surface area contributed by atoms with E-state index in [1.165, 1.54) is 19.3 Å². The molecule has 6 aliphatic rings. The van der Waals surface area contributed by atoms with E-state index in [4.69, 9.17) is 0 Å². The molecule has 0 saturated heterocycles. The van der Waals surface area contributed by atoms with Crippen LogP contribution in [0.15, 0.2) is 0 Å². The summed E-state index contributed by atoms with van der Waals surface area (Å²) in [4.78, 5) is 0. The number of aliphatic hydroxyl groups is 3. The molecule has 6 saturated carbocycles. The van der Waals surface area contributed by atoms with Crippen molar-refractivity contribution in [1.29, 1.82) is 0 Å². The molecule has 130 valence electrons. The molecule has 10 atom stereocenters. The predicted molar refractivity (Wildman–Crippen MR) is 87.5 cm³/mol. The fraction of sp³-hybridized carbons (Fsp3) is 1.00. The molecule has 6 aliphatic carbocycles. The Morgan fingerprint density at radius 3 is 2.26 bits per heavy atom. The van der Waals surface area contributed by atoms with Crippen LogP contribution in [0, 0.1) is 45.3 Å². The smallest absolute Gasteiger partial charge is 0.0618 e. The maximum atomic E-state index is 11.2. The van der Waals surface area contributed by atoms with Crippen molar-refractivity contribution in [2.24, 2.45) is 45.3 Å². The molecule has 0 radical (unpaired) electrons. The minimum Gasteiger partial charge on any atom is -0.396 e. The summed E-state index contributed by atoms with van der Waals surface area (Å²) in [6, 6.07) is 0. The van der Waals surface area contributed by atoms with Gasteiger partial charge in [0, 0.05) is 10.8 Å². The van der Waals surface area contributed by atoms with Crippen LogP contribution in [0.1, 0.15) is 59.3 Å². The number of aliphatic hydroxyl groups excluding tert-OH is 3. The Morgan fingerprint density at radius 2 is 1.65 bits per heavy atom. The first-order valence-corrected chi connectivity index (χ1v) is 9.69.